The van der Waals surface area contributed by atoms with Crippen LogP contribution in [-0.2, 0) is 16.1 Å². The fraction of sp³-hybridized carbons (Fsp3) is 0.364. The number of allylic oxidation sites excluding steroid dienone is 1. The van der Waals surface area contributed by atoms with Crippen LogP contribution in [0, 0.1) is 0 Å². The minimum atomic E-state index is -0.517. The third kappa shape index (κ3) is 8.61. The van der Waals surface area contributed by atoms with Crippen LogP contribution in [0.3, 0.4) is 0 Å². The molecule has 37 heavy (non-hydrogen) atoms. The van der Waals surface area contributed by atoms with Gasteiger partial charge in [-0.2, -0.15) is 0 Å². The summed E-state index contributed by atoms with van der Waals surface area (Å²) in [6, 6.07) is 20.4. The van der Waals surface area contributed by atoms with E-state index in [0.717, 1.165) is 39.2 Å². The highest BCUT2D eigenvalue weighted by molar-refractivity contribution is 5.85. The molecule has 0 aliphatic heterocycles. The third-order valence-electron chi connectivity index (χ3n) is 5.46. The Hall–Kier alpha value is -3.37. The van der Waals surface area contributed by atoms with Crippen LogP contribution in [-0.4, -0.2) is 27.9 Å². The largest absolute Gasteiger partial charge is 0.460 e. The number of hydrogen-bond donors (Lipinski definition) is 1. The van der Waals surface area contributed by atoms with E-state index >= 15 is 0 Å². The van der Waals surface area contributed by atoms with Crippen molar-refractivity contribution >= 4 is 17.6 Å². The standard InChI is InChI=1S/C29H33NO3.2C2H6/c1-6-21(20-31)24-14-11-15-25(23(24)7-2)27-17-16-26(22-12-9-8-10-13-22)30(27)19-18-28(32)33-29(3,4)5;2*1-2/h6-17,31H,2,18-20H2,1,3-5H3;2*1-2H3/b21-6-;;. The summed E-state index contributed by atoms with van der Waals surface area (Å²) in [4.78, 5) is 12.5. The van der Waals surface area contributed by atoms with Crippen molar-refractivity contribution in [3.63, 3.8) is 0 Å². The molecule has 3 aromatic rings. The molecule has 4 heteroatoms. The molecule has 0 radical (unpaired) electrons. The maximum absolute atomic E-state index is 12.5. The first-order valence-electron chi connectivity index (χ1n) is 13.3. The third-order valence-corrected chi connectivity index (χ3v) is 5.46. The first-order chi connectivity index (χ1) is 17.8. The van der Waals surface area contributed by atoms with E-state index in [0.29, 0.717) is 6.54 Å². The number of rotatable bonds is 8. The SMILES string of the molecule is C=Cc1c(/C(=C\C)CO)cccc1-c1ccc(-c2ccccc2)n1CCC(=O)OC(C)(C)C.CC.CC. The molecule has 0 atom stereocenters. The van der Waals surface area contributed by atoms with E-state index in [9.17, 15) is 9.90 Å². The van der Waals surface area contributed by atoms with Gasteiger partial charge in [-0.05, 0) is 62.1 Å². The van der Waals surface area contributed by atoms with Crippen LogP contribution >= 0.6 is 0 Å². The summed E-state index contributed by atoms with van der Waals surface area (Å²) in [7, 11) is 0. The second-order valence-corrected chi connectivity index (χ2v) is 8.90. The second kappa shape index (κ2) is 15.7. The van der Waals surface area contributed by atoms with Gasteiger partial charge in [0.05, 0.1) is 13.0 Å². The minimum Gasteiger partial charge on any atom is -0.460 e. The molecule has 0 amide bonds. The van der Waals surface area contributed by atoms with Crippen molar-refractivity contribution in [3.8, 4) is 22.5 Å². The number of benzene rings is 2. The molecular formula is C33H45NO3. The topological polar surface area (TPSA) is 51.5 Å². The zero-order valence-corrected chi connectivity index (χ0v) is 24.0. The monoisotopic (exact) mass is 503 g/mol. The number of aromatic nitrogens is 1. The van der Waals surface area contributed by atoms with Crippen molar-refractivity contribution in [1.29, 1.82) is 0 Å². The predicted molar refractivity (Wildman–Crippen MR) is 159 cm³/mol. The Morgan fingerprint density at radius 1 is 0.946 bits per heavy atom. The van der Waals surface area contributed by atoms with Crippen molar-refractivity contribution < 1.29 is 14.6 Å². The highest BCUT2D eigenvalue weighted by atomic mass is 16.6. The lowest BCUT2D eigenvalue weighted by atomic mass is 9.94. The molecule has 0 saturated heterocycles. The van der Waals surface area contributed by atoms with Crippen LogP contribution in [0.2, 0.25) is 0 Å². The first kappa shape index (κ1) is 31.7. The summed E-state index contributed by atoms with van der Waals surface area (Å²) in [5, 5.41) is 9.85. The Bertz CT molecular complexity index is 1150. The van der Waals surface area contributed by atoms with Gasteiger partial charge in [-0.15, -0.1) is 0 Å². The number of nitrogens with zero attached hydrogens (tertiary/aromatic N) is 1. The Morgan fingerprint density at radius 3 is 2.11 bits per heavy atom. The molecule has 0 aliphatic rings. The van der Waals surface area contributed by atoms with E-state index in [1.165, 1.54) is 0 Å². The highest BCUT2D eigenvalue weighted by Crippen LogP contribution is 2.35. The summed E-state index contributed by atoms with van der Waals surface area (Å²) in [6.07, 6.45) is 4.01. The van der Waals surface area contributed by atoms with E-state index in [1.807, 2.05) is 97.9 Å². The molecule has 3 rings (SSSR count). The van der Waals surface area contributed by atoms with Gasteiger partial charge < -0.3 is 14.4 Å². The van der Waals surface area contributed by atoms with Crippen LogP contribution < -0.4 is 0 Å². The molecule has 0 fully saturated rings. The van der Waals surface area contributed by atoms with Gasteiger partial charge in [0.25, 0.3) is 0 Å². The molecule has 0 spiro atoms. The summed E-state index contributed by atoms with van der Waals surface area (Å²) >= 11 is 0. The molecule has 4 nitrogen and oxygen atoms in total. The zero-order chi connectivity index (χ0) is 28.0. The van der Waals surface area contributed by atoms with E-state index in [-0.39, 0.29) is 19.0 Å². The highest BCUT2D eigenvalue weighted by Gasteiger charge is 2.20. The van der Waals surface area contributed by atoms with E-state index < -0.39 is 5.60 Å². The molecule has 0 aliphatic carbocycles. The quantitative estimate of drug-likeness (QED) is 0.313. The zero-order valence-electron chi connectivity index (χ0n) is 24.0. The van der Waals surface area contributed by atoms with Crippen LogP contribution in [0.4, 0.5) is 0 Å². The normalized spacial score (nSPS) is 11.0. The smallest absolute Gasteiger partial charge is 0.308 e. The van der Waals surface area contributed by atoms with Crippen LogP contribution in [0.5, 0.6) is 0 Å². The lowest BCUT2D eigenvalue weighted by molar-refractivity contribution is -0.155. The van der Waals surface area contributed by atoms with Crippen LogP contribution in [0.1, 0.15) is 72.9 Å². The van der Waals surface area contributed by atoms with E-state index in [4.69, 9.17) is 4.74 Å². The van der Waals surface area contributed by atoms with Gasteiger partial charge in [0.2, 0.25) is 0 Å². The Kier molecular flexibility index (Phi) is 13.4. The van der Waals surface area contributed by atoms with Gasteiger partial charge in [-0.3, -0.25) is 4.79 Å². The summed E-state index contributed by atoms with van der Waals surface area (Å²) in [6.45, 7) is 20.0. The van der Waals surface area contributed by atoms with Crippen LogP contribution in [0.25, 0.3) is 34.2 Å². The van der Waals surface area contributed by atoms with Crippen molar-refractivity contribution in [2.75, 3.05) is 6.61 Å². The molecular weight excluding hydrogens is 458 g/mol. The molecule has 0 unspecified atom stereocenters. The molecule has 1 heterocycles. The van der Waals surface area contributed by atoms with Crippen LogP contribution in [0.15, 0.2) is 73.3 Å². The van der Waals surface area contributed by atoms with Gasteiger partial charge in [0, 0.05) is 23.5 Å². The molecule has 1 aromatic heterocycles. The van der Waals surface area contributed by atoms with Crippen molar-refractivity contribution in [1.82, 2.24) is 4.57 Å². The van der Waals surface area contributed by atoms with Gasteiger partial charge in [0.15, 0.2) is 0 Å². The fourth-order valence-electron chi connectivity index (χ4n) is 4.02. The van der Waals surface area contributed by atoms with E-state index in [2.05, 4.69) is 41.5 Å². The maximum atomic E-state index is 12.5. The number of aliphatic hydroxyl groups is 1. The number of hydrogen-bond acceptors (Lipinski definition) is 3. The molecule has 0 bridgehead atoms. The Balaban J connectivity index is 0.00000163. The summed E-state index contributed by atoms with van der Waals surface area (Å²) in [5.41, 5.74) is 6.34. The number of ether oxygens (including phenoxy) is 1. The van der Waals surface area contributed by atoms with E-state index in [1.54, 1.807) is 0 Å². The van der Waals surface area contributed by atoms with Crippen molar-refractivity contribution in [3.05, 3.63) is 84.4 Å². The number of aliphatic hydroxyl groups excluding tert-OH is 1. The van der Waals surface area contributed by atoms with Gasteiger partial charge >= 0.3 is 5.97 Å². The van der Waals surface area contributed by atoms with Gasteiger partial charge in [0.1, 0.15) is 5.60 Å². The lowest BCUT2D eigenvalue weighted by Gasteiger charge is -2.21. The minimum absolute atomic E-state index is 0.0459. The maximum Gasteiger partial charge on any atom is 0.308 e. The van der Waals surface area contributed by atoms with Gasteiger partial charge in [-0.25, -0.2) is 0 Å². The molecule has 2 aromatic carbocycles. The first-order valence-corrected chi connectivity index (χ1v) is 13.3. The average molecular weight is 504 g/mol. The number of carbonyl (C=O) groups is 1. The van der Waals surface area contributed by atoms with Crippen molar-refractivity contribution in [2.24, 2.45) is 0 Å². The van der Waals surface area contributed by atoms with Gasteiger partial charge in [-0.1, -0.05) is 95.0 Å². The number of esters is 1. The predicted octanol–water partition coefficient (Wildman–Crippen LogP) is 8.64. The Labute approximate surface area is 224 Å². The Morgan fingerprint density at radius 2 is 1.57 bits per heavy atom. The summed E-state index contributed by atoms with van der Waals surface area (Å²) < 4.78 is 7.71. The molecule has 1 N–H and O–H groups in total. The summed E-state index contributed by atoms with van der Waals surface area (Å²) in [5.74, 6) is -0.227. The molecule has 200 valence electrons. The van der Waals surface area contributed by atoms with Crippen molar-refractivity contribution in [2.45, 2.75) is 74.0 Å². The lowest BCUT2D eigenvalue weighted by Crippen LogP contribution is -2.24. The molecule has 0 saturated carbocycles. The second-order valence-electron chi connectivity index (χ2n) is 8.90. The number of carbonyl (C=O) groups excluding carboxylic acids is 1. The fourth-order valence-corrected chi connectivity index (χ4v) is 4.02. The average Bonchev–Trinajstić information content (AvgIpc) is 3.33.